The lowest BCUT2D eigenvalue weighted by Crippen LogP contribution is -2.58. The number of aryl methyl sites for hydroxylation is 1. The van der Waals surface area contributed by atoms with Crippen molar-refractivity contribution in [3.63, 3.8) is 0 Å². The van der Waals surface area contributed by atoms with Crippen LogP contribution in [0.25, 0.3) is 0 Å². The van der Waals surface area contributed by atoms with Crippen LogP contribution in [0.5, 0.6) is 0 Å². The Morgan fingerprint density at radius 2 is 1.90 bits per heavy atom. The highest BCUT2D eigenvalue weighted by Gasteiger charge is 2.42. The second kappa shape index (κ2) is 9.72. The summed E-state index contributed by atoms with van der Waals surface area (Å²) in [5, 5.41) is 0. The van der Waals surface area contributed by atoms with E-state index in [1.165, 1.54) is 5.56 Å². The van der Waals surface area contributed by atoms with E-state index >= 15 is 0 Å². The molecule has 0 radical (unpaired) electrons. The Bertz CT molecular complexity index is 763. The molecule has 3 heterocycles. The monoisotopic (exact) mass is 426 g/mol. The zero-order valence-corrected chi connectivity index (χ0v) is 19.2. The average molecular weight is 427 g/mol. The summed E-state index contributed by atoms with van der Waals surface area (Å²) >= 11 is 0. The van der Waals surface area contributed by atoms with E-state index in [9.17, 15) is 9.59 Å². The molecule has 3 fully saturated rings. The van der Waals surface area contributed by atoms with Gasteiger partial charge in [0.15, 0.2) is 0 Å². The van der Waals surface area contributed by atoms with Gasteiger partial charge < -0.3 is 14.5 Å². The summed E-state index contributed by atoms with van der Waals surface area (Å²) in [6.45, 7) is 7.34. The molecule has 1 aromatic carbocycles. The normalized spacial score (nSPS) is 28.1. The van der Waals surface area contributed by atoms with Gasteiger partial charge >= 0.3 is 0 Å². The van der Waals surface area contributed by atoms with Crippen LogP contribution in [0.2, 0.25) is 0 Å². The lowest BCUT2D eigenvalue weighted by atomic mass is 9.81. The molecule has 3 saturated heterocycles. The van der Waals surface area contributed by atoms with Crippen LogP contribution in [0.4, 0.5) is 0 Å². The summed E-state index contributed by atoms with van der Waals surface area (Å²) in [4.78, 5) is 30.5. The van der Waals surface area contributed by atoms with E-state index in [0.29, 0.717) is 30.9 Å². The third kappa shape index (κ3) is 5.49. The van der Waals surface area contributed by atoms with Crippen LogP contribution >= 0.6 is 0 Å². The van der Waals surface area contributed by atoms with Crippen LogP contribution in [0, 0.1) is 11.8 Å². The molecule has 0 spiro atoms. The van der Waals surface area contributed by atoms with Gasteiger partial charge in [0.25, 0.3) is 0 Å². The van der Waals surface area contributed by atoms with Crippen molar-refractivity contribution in [2.75, 3.05) is 26.2 Å². The minimum Gasteiger partial charge on any atom is -0.376 e. The zero-order chi connectivity index (χ0) is 21.8. The maximum Gasteiger partial charge on any atom is 0.226 e. The summed E-state index contributed by atoms with van der Waals surface area (Å²) in [5.41, 5.74) is 1.09. The smallest absolute Gasteiger partial charge is 0.226 e. The van der Waals surface area contributed by atoms with Crippen molar-refractivity contribution >= 4 is 11.8 Å². The molecule has 0 aromatic heterocycles. The van der Waals surface area contributed by atoms with Gasteiger partial charge in [-0.15, -0.1) is 0 Å². The number of nitrogens with zero attached hydrogens (tertiary/aromatic N) is 2. The molecule has 5 heteroatoms. The Hall–Kier alpha value is -1.88. The van der Waals surface area contributed by atoms with Gasteiger partial charge in [0, 0.05) is 44.6 Å². The van der Waals surface area contributed by atoms with Gasteiger partial charge in [0.2, 0.25) is 11.8 Å². The maximum atomic E-state index is 13.4. The molecule has 170 valence electrons. The summed E-state index contributed by atoms with van der Waals surface area (Å²) in [6, 6.07) is 10.7. The summed E-state index contributed by atoms with van der Waals surface area (Å²) in [5.74, 6) is 1.12. The summed E-state index contributed by atoms with van der Waals surface area (Å²) in [6.07, 6.45) is 7.22. The molecule has 31 heavy (non-hydrogen) atoms. The molecule has 0 N–H and O–H groups in total. The van der Waals surface area contributed by atoms with Crippen LogP contribution in [0.1, 0.15) is 64.4 Å². The molecular weight excluding hydrogens is 388 g/mol. The largest absolute Gasteiger partial charge is 0.376 e. The van der Waals surface area contributed by atoms with Crippen molar-refractivity contribution in [2.45, 2.75) is 76.9 Å². The van der Waals surface area contributed by atoms with Crippen molar-refractivity contribution in [1.29, 1.82) is 0 Å². The number of hydrogen-bond acceptors (Lipinski definition) is 3. The number of rotatable bonds is 5. The van der Waals surface area contributed by atoms with Crippen molar-refractivity contribution in [3.05, 3.63) is 35.9 Å². The summed E-state index contributed by atoms with van der Waals surface area (Å²) < 4.78 is 5.83. The van der Waals surface area contributed by atoms with Crippen molar-refractivity contribution < 1.29 is 14.3 Å². The van der Waals surface area contributed by atoms with Gasteiger partial charge in [-0.1, -0.05) is 30.3 Å². The number of carbonyl (C=O) groups is 2. The number of fused-ring (bicyclic) bond motifs is 1. The van der Waals surface area contributed by atoms with Crippen LogP contribution in [0.15, 0.2) is 30.3 Å². The minimum absolute atomic E-state index is 0.0835. The molecule has 2 amide bonds. The van der Waals surface area contributed by atoms with Gasteiger partial charge in [0.05, 0.1) is 5.60 Å². The van der Waals surface area contributed by atoms with Crippen molar-refractivity contribution in [1.82, 2.24) is 9.80 Å². The van der Waals surface area contributed by atoms with Crippen molar-refractivity contribution in [3.8, 4) is 0 Å². The highest BCUT2D eigenvalue weighted by molar-refractivity contribution is 5.80. The average Bonchev–Trinajstić information content (AvgIpc) is 2.77. The number of carbonyl (C=O) groups excluding carboxylic acids is 2. The van der Waals surface area contributed by atoms with E-state index in [1.807, 2.05) is 6.07 Å². The number of amides is 2. The first-order chi connectivity index (χ1) is 14.9. The van der Waals surface area contributed by atoms with Gasteiger partial charge in [-0.2, -0.15) is 0 Å². The van der Waals surface area contributed by atoms with Gasteiger partial charge in [-0.3, -0.25) is 9.59 Å². The Labute approximate surface area is 187 Å². The van der Waals surface area contributed by atoms with E-state index < -0.39 is 0 Å². The second-order valence-electron chi connectivity index (χ2n) is 10.3. The fourth-order valence-corrected chi connectivity index (χ4v) is 5.83. The first-order valence-corrected chi connectivity index (χ1v) is 12.2. The van der Waals surface area contributed by atoms with E-state index in [-0.39, 0.29) is 17.4 Å². The summed E-state index contributed by atoms with van der Waals surface area (Å²) in [7, 11) is 0. The predicted molar refractivity (Wildman–Crippen MR) is 122 cm³/mol. The molecule has 0 saturated carbocycles. The number of benzene rings is 1. The van der Waals surface area contributed by atoms with Crippen LogP contribution < -0.4 is 0 Å². The standard InChI is InChI=1S/C26H38N2O3/c1-26(2)18-21(14-17-31-26)25(30)28-15-7-11-22-19-27(16-13-23(22)28)24(29)12-6-10-20-8-4-3-5-9-20/h3-5,8-9,21-23H,6-7,10-19H2,1-2H3/t21?,22-,23+/m1/s1. The molecule has 3 aliphatic heterocycles. The Morgan fingerprint density at radius 3 is 2.68 bits per heavy atom. The first kappa shape index (κ1) is 22.3. The van der Waals surface area contributed by atoms with E-state index in [1.54, 1.807) is 0 Å². The third-order valence-corrected chi connectivity index (χ3v) is 7.45. The number of likely N-dealkylation sites (tertiary alicyclic amines) is 2. The lowest BCUT2D eigenvalue weighted by Gasteiger charge is -2.49. The number of ether oxygens (including phenoxy) is 1. The molecule has 0 bridgehead atoms. The highest BCUT2D eigenvalue weighted by atomic mass is 16.5. The van der Waals surface area contributed by atoms with Crippen LogP contribution in [-0.2, 0) is 20.7 Å². The zero-order valence-electron chi connectivity index (χ0n) is 19.2. The second-order valence-corrected chi connectivity index (χ2v) is 10.3. The Balaban J connectivity index is 1.29. The van der Waals surface area contributed by atoms with Crippen LogP contribution in [-0.4, -0.2) is 59.5 Å². The van der Waals surface area contributed by atoms with Gasteiger partial charge in [0.1, 0.15) is 0 Å². The van der Waals surface area contributed by atoms with Gasteiger partial charge in [-0.25, -0.2) is 0 Å². The SMILES string of the molecule is CC1(C)CC(C(=O)N2CCC[C@@H]3CN(C(=O)CCCc4ccccc4)CC[C@@H]32)CCO1. The molecule has 1 aromatic rings. The first-order valence-electron chi connectivity index (χ1n) is 12.2. The Morgan fingerprint density at radius 1 is 1.10 bits per heavy atom. The fraction of sp³-hybridized carbons (Fsp3) is 0.692. The number of hydrogen-bond donors (Lipinski definition) is 0. The Kier molecular flexibility index (Phi) is 7.00. The van der Waals surface area contributed by atoms with E-state index in [4.69, 9.17) is 4.74 Å². The molecule has 3 atom stereocenters. The maximum absolute atomic E-state index is 13.4. The van der Waals surface area contributed by atoms with E-state index in [2.05, 4.69) is 47.9 Å². The molecular formula is C26H38N2O3. The lowest BCUT2D eigenvalue weighted by molar-refractivity contribution is -0.153. The predicted octanol–water partition coefficient (Wildman–Crippen LogP) is 4.05. The molecule has 1 unspecified atom stereocenters. The fourth-order valence-electron chi connectivity index (χ4n) is 5.83. The van der Waals surface area contributed by atoms with Crippen molar-refractivity contribution in [2.24, 2.45) is 11.8 Å². The van der Waals surface area contributed by atoms with Crippen LogP contribution in [0.3, 0.4) is 0 Å². The minimum atomic E-state index is -0.205. The quantitative estimate of drug-likeness (QED) is 0.714. The topological polar surface area (TPSA) is 49.9 Å². The molecule has 5 nitrogen and oxygen atoms in total. The number of piperidine rings is 2. The molecule has 4 rings (SSSR count). The van der Waals surface area contributed by atoms with Gasteiger partial charge in [-0.05, 0) is 70.3 Å². The third-order valence-electron chi connectivity index (χ3n) is 7.45. The van der Waals surface area contributed by atoms with E-state index in [0.717, 1.165) is 64.6 Å². The molecule has 0 aliphatic carbocycles. The molecule has 3 aliphatic rings. The highest BCUT2D eigenvalue weighted by Crippen LogP contribution is 2.35.